The van der Waals surface area contributed by atoms with E-state index >= 15 is 0 Å². The van der Waals surface area contributed by atoms with Crippen LogP contribution >= 0.6 is 0 Å². The number of hydrogen-bond acceptors (Lipinski definition) is 1. The zero-order valence-electron chi connectivity index (χ0n) is 11.6. The Hall–Kier alpha value is -1.08. The van der Waals surface area contributed by atoms with Crippen LogP contribution in [0.5, 0.6) is 0 Å². The van der Waals surface area contributed by atoms with Gasteiger partial charge in [-0.05, 0) is 18.8 Å². The Bertz CT molecular complexity index is 276. The first kappa shape index (κ1) is 15.9. The van der Waals surface area contributed by atoms with Gasteiger partial charge < -0.3 is 4.74 Å². The highest BCUT2D eigenvalue weighted by atomic mass is 16.5. The van der Waals surface area contributed by atoms with Gasteiger partial charge in [0.2, 0.25) is 0 Å². The van der Waals surface area contributed by atoms with Crippen molar-refractivity contribution in [3.63, 3.8) is 0 Å². The van der Waals surface area contributed by atoms with Gasteiger partial charge in [-0.15, -0.1) is 6.58 Å². The van der Waals surface area contributed by atoms with Crippen LogP contribution in [0.2, 0.25) is 0 Å². The van der Waals surface area contributed by atoms with Gasteiger partial charge in [-0.2, -0.15) is 0 Å². The van der Waals surface area contributed by atoms with Crippen LogP contribution in [0.15, 0.2) is 49.1 Å². The summed E-state index contributed by atoms with van der Waals surface area (Å²) in [5.74, 6) is 0. The number of rotatable bonds is 7. The molecule has 1 unspecified atom stereocenters. The van der Waals surface area contributed by atoms with E-state index in [1.807, 2.05) is 49.5 Å². The molecule has 0 radical (unpaired) electrons. The lowest BCUT2D eigenvalue weighted by molar-refractivity contribution is -0.000728. The highest BCUT2D eigenvalue weighted by molar-refractivity contribution is 5.10. The third kappa shape index (κ3) is 8.70. The van der Waals surface area contributed by atoms with Gasteiger partial charge in [0.15, 0.2) is 0 Å². The van der Waals surface area contributed by atoms with Crippen LogP contribution in [0.3, 0.4) is 0 Å². The fourth-order valence-corrected chi connectivity index (χ4v) is 1.37. The Morgan fingerprint density at radius 1 is 1.12 bits per heavy atom. The predicted octanol–water partition coefficient (Wildman–Crippen LogP) is 4.68. The molecule has 0 rings (SSSR count). The molecule has 1 atom stereocenters. The molecule has 1 heteroatoms. The number of allylic oxidation sites excluding steroid dienone is 5. The quantitative estimate of drug-likeness (QED) is 0.459. The maximum atomic E-state index is 5.84. The van der Waals surface area contributed by atoms with Gasteiger partial charge >= 0.3 is 0 Å². The fourth-order valence-electron chi connectivity index (χ4n) is 1.37. The monoisotopic (exact) mass is 234 g/mol. The van der Waals surface area contributed by atoms with Crippen molar-refractivity contribution in [3.05, 3.63) is 49.1 Å². The van der Waals surface area contributed by atoms with Crippen LogP contribution in [-0.4, -0.2) is 12.7 Å². The first-order valence-corrected chi connectivity index (χ1v) is 6.19. The van der Waals surface area contributed by atoms with Gasteiger partial charge in [-0.3, -0.25) is 0 Å². The lowest BCUT2D eigenvalue weighted by Crippen LogP contribution is -2.28. The second-order valence-electron chi connectivity index (χ2n) is 5.05. The molecule has 0 aromatic carbocycles. The van der Waals surface area contributed by atoms with Gasteiger partial charge in [0.25, 0.3) is 0 Å². The molecule has 0 aliphatic rings. The van der Waals surface area contributed by atoms with E-state index in [0.29, 0.717) is 6.61 Å². The molecule has 96 valence electrons. The van der Waals surface area contributed by atoms with Gasteiger partial charge in [-0.25, -0.2) is 0 Å². The van der Waals surface area contributed by atoms with Crippen molar-refractivity contribution in [2.75, 3.05) is 6.61 Å². The zero-order chi connectivity index (χ0) is 13.1. The molecular formula is C16H26O. The lowest BCUT2D eigenvalue weighted by atomic mass is 9.87. The molecule has 0 heterocycles. The minimum absolute atomic E-state index is 0.156. The Morgan fingerprint density at radius 3 is 2.29 bits per heavy atom. The predicted molar refractivity (Wildman–Crippen MR) is 77.1 cm³/mol. The standard InChI is InChI=1S/C16H26O/c1-6-8-9-10-11-12-14-17-15(13-7-2)16(3,4)5/h6-12,15H,2,13-14H2,1,3-5H3/b8-6-,10-9-,12-11+. The van der Waals surface area contributed by atoms with E-state index in [9.17, 15) is 0 Å². The van der Waals surface area contributed by atoms with Gasteiger partial charge in [0, 0.05) is 0 Å². The highest BCUT2D eigenvalue weighted by Crippen LogP contribution is 2.25. The van der Waals surface area contributed by atoms with Crippen molar-refractivity contribution in [2.24, 2.45) is 5.41 Å². The summed E-state index contributed by atoms with van der Waals surface area (Å²) < 4.78 is 5.84. The molecule has 0 amide bonds. The number of ether oxygens (including phenoxy) is 1. The Labute approximate surface area is 107 Å². The molecule has 0 saturated heterocycles. The van der Waals surface area contributed by atoms with Crippen LogP contribution in [0, 0.1) is 5.41 Å². The van der Waals surface area contributed by atoms with E-state index in [4.69, 9.17) is 4.74 Å². The minimum atomic E-state index is 0.156. The van der Waals surface area contributed by atoms with Gasteiger partial charge in [0.1, 0.15) is 0 Å². The van der Waals surface area contributed by atoms with E-state index in [1.165, 1.54) is 0 Å². The Kier molecular flexibility index (Phi) is 8.43. The molecule has 17 heavy (non-hydrogen) atoms. The number of hydrogen-bond donors (Lipinski definition) is 0. The first-order chi connectivity index (χ1) is 8.02. The maximum Gasteiger partial charge on any atom is 0.0661 e. The van der Waals surface area contributed by atoms with Crippen LogP contribution in [-0.2, 0) is 4.74 Å². The normalized spacial score (nSPS) is 15.1. The summed E-state index contributed by atoms with van der Waals surface area (Å²) in [6.45, 7) is 13.0. The summed E-state index contributed by atoms with van der Waals surface area (Å²) in [7, 11) is 0. The molecule has 0 bridgehead atoms. The van der Waals surface area contributed by atoms with Crippen LogP contribution < -0.4 is 0 Å². The first-order valence-electron chi connectivity index (χ1n) is 6.19. The molecule has 0 N–H and O–H groups in total. The summed E-state index contributed by atoms with van der Waals surface area (Å²) in [6.07, 6.45) is 15.1. The van der Waals surface area contributed by atoms with Crippen molar-refractivity contribution in [1.29, 1.82) is 0 Å². The van der Waals surface area contributed by atoms with Crippen molar-refractivity contribution in [1.82, 2.24) is 0 Å². The second kappa shape index (κ2) is 9.00. The Morgan fingerprint density at radius 2 is 1.76 bits per heavy atom. The van der Waals surface area contributed by atoms with Crippen molar-refractivity contribution in [3.8, 4) is 0 Å². The van der Waals surface area contributed by atoms with Crippen LogP contribution in [0.1, 0.15) is 34.1 Å². The second-order valence-corrected chi connectivity index (χ2v) is 5.05. The zero-order valence-corrected chi connectivity index (χ0v) is 11.6. The topological polar surface area (TPSA) is 9.23 Å². The summed E-state index contributed by atoms with van der Waals surface area (Å²) in [5.41, 5.74) is 0.156. The summed E-state index contributed by atoms with van der Waals surface area (Å²) in [4.78, 5) is 0. The van der Waals surface area contributed by atoms with E-state index in [2.05, 4.69) is 27.4 Å². The molecule has 1 nitrogen and oxygen atoms in total. The van der Waals surface area contributed by atoms with E-state index < -0.39 is 0 Å². The summed E-state index contributed by atoms with van der Waals surface area (Å²) >= 11 is 0. The third-order valence-electron chi connectivity index (χ3n) is 2.40. The SMILES string of the molecule is C=CCC(OC/C=C/C=C\C=C/C)C(C)(C)C. The molecule has 0 saturated carbocycles. The average molecular weight is 234 g/mol. The molecule has 0 aromatic heterocycles. The third-order valence-corrected chi connectivity index (χ3v) is 2.40. The fraction of sp³-hybridized carbons (Fsp3) is 0.500. The summed E-state index contributed by atoms with van der Waals surface area (Å²) in [6, 6.07) is 0. The summed E-state index contributed by atoms with van der Waals surface area (Å²) in [5, 5.41) is 0. The van der Waals surface area contributed by atoms with E-state index in [0.717, 1.165) is 6.42 Å². The molecule has 0 fully saturated rings. The molecule has 0 aliphatic carbocycles. The van der Waals surface area contributed by atoms with Crippen molar-refractivity contribution in [2.45, 2.75) is 40.2 Å². The Balaban J connectivity index is 4.02. The largest absolute Gasteiger partial charge is 0.373 e. The minimum Gasteiger partial charge on any atom is -0.373 e. The van der Waals surface area contributed by atoms with Crippen LogP contribution in [0.25, 0.3) is 0 Å². The maximum absolute atomic E-state index is 5.84. The smallest absolute Gasteiger partial charge is 0.0661 e. The molecular weight excluding hydrogens is 208 g/mol. The lowest BCUT2D eigenvalue weighted by Gasteiger charge is -2.29. The molecule has 0 spiro atoms. The highest BCUT2D eigenvalue weighted by Gasteiger charge is 2.23. The van der Waals surface area contributed by atoms with Gasteiger partial charge in [0.05, 0.1) is 12.7 Å². The van der Waals surface area contributed by atoms with Gasteiger partial charge in [-0.1, -0.05) is 63.3 Å². The molecule has 0 aliphatic heterocycles. The van der Waals surface area contributed by atoms with Crippen molar-refractivity contribution < 1.29 is 4.74 Å². The average Bonchev–Trinajstić information content (AvgIpc) is 2.25. The van der Waals surface area contributed by atoms with E-state index in [-0.39, 0.29) is 11.5 Å². The van der Waals surface area contributed by atoms with Crippen molar-refractivity contribution >= 4 is 0 Å². The van der Waals surface area contributed by atoms with E-state index in [1.54, 1.807) is 0 Å². The molecule has 0 aromatic rings. The van der Waals surface area contributed by atoms with Crippen LogP contribution in [0.4, 0.5) is 0 Å².